The smallest absolute Gasteiger partial charge is 0.124 e. The first-order valence-corrected chi connectivity index (χ1v) is 6.81. The Morgan fingerprint density at radius 3 is 2.94 bits per heavy atom. The van der Waals surface area contributed by atoms with Crippen molar-refractivity contribution in [2.45, 2.75) is 37.8 Å². The lowest BCUT2D eigenvalue weighted by atomic mass is 9.96. The van der Waals surface area contributed by atoms with Gasteiger partial charge in [-0.05, 0) is 50.4 Å². The van der Waals surface area contributed by atoms with Gasteiger partial charge in [0.05, 0.1) is 6.10 Å². The van der Waals surface area contributed by atoms with Crippen molar-refractivity contribution in [1.29, 1.82) is 0 Å². The predicted molar refractivity (Wildman–Crippen MR) is 71.6 cm³/mol. The maximum Gasteiger partial charge on any atom is 0.124 e. The van der Waals surface area contributed by atoms with Gasteiger partial charge < -0.3 is 10.1 Å². The average Bonchev–Trinajstić information content (AvgIpc) is 2.39. The molecule has 2 unspecified atom stereocenters. The monoisotopic (exact) mass is 271 g/mol. The molecule has 2 rings (SSSR count). The molecule has 0 spiro atoms. The molecule has 1 aromatic carbocycles. The summed E-state index contributed by atoms with van der Waals surface area (Å²) in [5, 5.41) is 3.78. The molecule has 1 N–H and O–H groups in total. The van der Waals surface area contributed by atoms with Crippen molar-refractivity contribution in [2.75, 3.05) is 13.7 Å². The first kappa shape index (κ1) is 13.8. The molecule has 1 aromatic rings. The largest absolute Gasteiger partial charge is 0.377 e. The van der Waals surface area contributed by atoms with Gasteiger partial charge in [-0.3, -0.25) is 0 Å². The first-order chi connectivity index (χ1) is 8.70. The van der Waals surface area contributed by atoms with Gasteiger partial charge in [0.2, 0.25) is 0 Å². The maximum atomic E-state index is 13.0. The zero-order chi connectivity index (χ0) is 13.0. The zero-order valence-electron chi connectivity index (χ0n) is 10.6. The van der Waals surface area contributed by atoms with E-state index in [2.05, 4.69) is 5.32 Å². The summed E-state index contributed by atoms with van der Waals surface area (Å²) in [5.74, 6) is -0.293. The van der Waals surface area contributed by atoms with Crippen molar-refractivity contribution in [2.24, 2.45) is 0 Å². The second kappa shape index (κ2) is 6.50. The topological polar surface area (TPSA) is 21.3 Å². The Balaban J connectivity index is 2.04. The highest BCUT2D eigenvalue weighted by atomic mass is 35.5. The molecule has 4 heteroatoms. The highest BCUT2D eigenvalue weighted by Gasteiger charge is 2.24. The quantitative estimate of drug-likeness (QED) is 0.908. The lowest BCUT2D eigenvalue weighted by Crippen LogP contribution is -2.42. The Labute approximate surface area is 112 Å². The van der Waals surface area contributed by atoms with Gasteiger partial charge in [-0.2, -0.15) is 0 Å². The van der Waals surface area contributed by atoms with E-state index in [1.54, 1.807) is 6.07 Å². The molecule has 18 heavy (non-hydrogen) atoms. The van der Waals surface area contributed by atoms with Crippen molar-refractivity contribution >= 4 is 11.6 Å². The van der Waals surface area contributed by atoms with Crippen molar-refractivity contribution in [3.05, 3.63) is 34.6 Å². The summed E-state index contributed by atoms with van der Waals surface area (Å²) in [6, 6.07) is 4.81. The highest BCUT2D eigenvalue weighted by molar-refractivity contribution is 6.31. The van der Waals surface area contributed by atoms with Gasteiger partial charge in [0, 0.05) is 17.7 Å². The van der Waals surface area contributed by atoms with Gasteiger partial charge in [-0.15, -0.1) is 0 Å². The average molecular weight is 272 g/mol. The molecule has 1 fully saturated rings. The van der Waals surface area contributed by atoms with Crippen LogP contribution < -0.4 is 5.32 Å². The summed E-state index contributed by atoms with van der Waals surface area (Å²) in [6.07, 6.45) is 4.42. The lowest BCUT2D eigenvalue weighted by Gasteiger charge is -2.30. The minimum atomic E-state index is -0.293. The summed E-state index contributed by atoms with van der Waals surface area (Å²) < 4.78 is 18.8. The third-order valence-electron chi connectivity index (χ3n) is 3.49. The molecule has 0 aliphatic carbocycles. The minimum Gasteiger partial charge on any atom is -0.377 e. The maximum absolute atomic E-state index is 13.0. The van der Waals surface area contributed by atoms with Gasteiger partial charge in [0.1, 0.15) is 5.82 Å². The Kier molecular flexibility index (Phi) is 4.98. The van der Waals surface area contributed by atoms with Gasteiger partial charge in [0.25, 0.3) is 0 Å². The van der Waals surface area contributed by atoms with Crippen LogP contribution in [0.15, 0.2) is 18.2 Å². The standard InChI is InChI=1S/C14H19ClFNO/c1-17-13(14-4-2-3-7-18-14)8-10-5-6-11(16)9-12(10)15/h5-6,9,13-14,17H,2-4,7-8H2,1H3. The number of nitrogens with one attached hydrogen (secondary N) is 1. The van der Waals surface area contributed by atoms with Crippen LogP contribution in [0.25, 0.3) is 0 Å². The number of halogens is 2. The first-order valence-electron chi connectivity index (χ1n) is 6.43. The Morgan fingerprint density at radius 1 is 1.50 bits per heavy atom. The van der Waals surface area contributed by atoms with Crippen molar-refractivity contribution in [3.8, 4) is 0 Å². The summed E-state index contributed by atoms with van der Waals surface area (Å²) in [4.78, 5) is 0. The highest BCUT2D eigenvalue weighted by Crippen LogP contribution is 2.23. The molecule has 0 amide bonds. The van der Waals surface area contributed by atoms with Crippen LogP contribution >= 0.6 is 11.6 Å². The zero-order valence-corrected chi connectivity index (χ0v) is 11.3. The third-order valence-corrected chi connectivity index (χ3v) is 3.84. The molecule has 1 aliphatic rings. The van der Waals surface area contributed by atoms with Crippen molar-refractivity contribution in [3.63, 3.8) is 0 Å². The van der Waals surface area contributed by atoms with Crippen molar-refractivity contribution < 1.29 is 9.13 Å². The van der Waals surface area contributed by atoms with Crippen LogP contribution in [0.3, 0.4) is 0 Å². The molecule has 0 radical (unpaired) electrons. The van der Waals surface area contributed by atoms with Gasteiger partial charge in [-0.25, -0.2) is 4.39 Å². The normalized spacial score (nSPS) is 21.8. The van der Waals surface area contributed by atoms with Gasteiger partial charge in [0.15, 0.2) is 0 Å². The molecular weight excluding hydrogens is 253 g/mol. The second-order valence-electron chi connectivity index (χ2n) is 4.74. The van der Waals surface area contributed by atoms with E-state index in [1.807, 2.05) is 7.05 Å². The van der Waals surface area contributed by atoms with Crippen LogP contribution in [-0.2, 0) is 11.2 Å². The van der Waals surface area contributed by atoms with E-state index in [0.29, 0.717) is 5.02 Å². The summed E-state index contributed by atoms with van der Waals surface area (Å²) in [5.41, 5.74) is 0.964. The fourth-order valence-electron chi connectivity index (χ4n) is 2.43. The molecule has 1 heterocycles. The fraction of sp³-hybridized carbons (Fsp3) is 0.571. The molecule has 2 atom stereocenters. The number of likely N-dealkylation sites (N-methyl/N-ethyl adjacent to an activating group) is 1. The van der Waals surface area contributed by atoms with E-state index in [9.17, 15) is 4.39 Å². The molecule has 0 saturated carbocycles. The van der Waals surface area contributed by atoms with Crippen LogP contribution in [0.1, 0.15) is 24.8 Å². The summed E-state index contributed by atoms with van der Waals surface area (Å²) >= 11 is 6.06. The van der Waals surface area contributed by atoms with Crippen molar-refractivity contribution in [1.82, 2.24) is 5.32 Å². The van der Waals surface area contributed by atoms with Crippen LogP contribution in [0, 0.1) is 5.82 Å². The van der Waals surface area contributed by atoms with E-state index in [4.69, 9.17) is 16.3 Å². The molecule has 1 saturated heterocycles. The molecule has 100 valence electrons. The SMILES string of the molecule is CNC(Cc1ccc(F)cc1Cl)C1CCCCO1. The van der Waals surface area contributed by atoms with E-state index in [-0.39, 0.29) is 18.0 Å². The van der Waals surface area contributed by atoms with Crippen LogP contribution in [0.5, 0.6) is 0 Å². The number of hydrogen-bond donors (Lipinski definition) is 1. The minimum absolute atomic E-state index is 0.227. The summed E-state index contributed by atoms with van der Waals surface area (Å²) in [7, 11) is 1.93. The number of rotatable bonds is 4. The Morgan fingerprint density at radius 2 is 2.33 bits per heavy atom. The van der Waals surface area contributed by atoms with Crippen LogP contribution in [0.2, 0.25) is 5.02 Å². The van der Waals surface area contributed by atoms with Crippen LogP contribution in [0.4, 0.5) is 4.39 Å². The lowest BCUT2D eigenvalue weighted by molar-refractivity contribution is -0.00587. The molecule has 0 bridgehead atoms. The van der Waals surface area contributed by atoms with E-state index in [0.717, 1.165) is 31.4 Å². The van der Waals surface area contributed by atoms with Gasteiger partial charge >= 0.3 is 0 Å². The van der Waals surface area contributed by atoms with E-state index < -0.39 is 0 Å². The second-order valence-corrected chi connectivity index (χ2v) is 5.15. The predicted octanol–water partition coefficient (Wildman–Crippen LogP) is 3.18. The number of benzene rings is 1. The van der Waals surface area contributed by atoms with E-state index in [1.165, 1.54) is 18.6 Å². The summed E-state index contributed by atoms with van der Waals surface area (Å²) in [6.45, 7) is 0.833. The third kappa shape index (κ3) is 3.44. The van der Waals surface area contributed by atoms with Gasteiger partial charge in [-0.1, -0.05) is 17.7 Å². The molecule has 2 nitrogen and oxygen atoms in total. The Hall–Kier alpha value is -0.640. The molecular formula is C14H19ClFNO. The molecule has 0 aromatic heterocycles. The molecule has 1 aliphatic heterocycles. The number of ether oxygens (including phenoxy) is 1. The fourth-order valence-corrected chi connectivity index (χ4v) is 2.67. The van der Waals surface area contributed by atoms with E-state index >= 15 is 0 Å². The van der Waals surface area contributed by atoms with Crippen LogP contribution in [-0.4, -0.2) is 25.8 Å². The number of hydrogen-bond acceptors (Lipinski definition) is 2. The Bertz CT molecular complexity index is 393.